The number of anilines is 1. The molecule has 2 fully saturated rings. The maximum absolute atomic E-state index is 12.2. The van der Waals surface area contributed by atoms with Crippen LogP contribution in [-0.4, -0.2) is 39.9 Å². The molecule has 0 aliphatic carbocycles. The third-order valence-electron chi connectivity index (χ3n) is 4.38. The molecule has 20 heavy (non-hydrogen) atoms. The zero-order valence-electron chi connectivity index (χ0n) is 12.0. The van der Waals surface area contributed by atoms with E-state index >= 15 is 0 Å². The van der Waals surface area contributed by atoms with Crippen molar-refractivity contribution in [3.63, 3.8) is 0 Å². The molecule has 3 rings (SSSR count). The van der Waals surface area contributed by atoms with Crippen molar-refractivity contribution in [3.8, 4) is 0 Å². The minimum absolute atomic E-state index is 0.0193. The minimum Gasteiger partial charge on any atom is -0.378 e. The molecule has 0 amide bonds. The molecule has 2 aliphatic rings. The van der Waals surface area contributed by atoms with E-state index < -0.39 is 0 Å². The normalized spacial score (nSPS) is 26.2. The van der Waals surface area contributed by atoms with Crippen molar-refractivity contribution >= 4 is 17.3 Å². The first kappa shape index (κ1) is 13.9. The third kappa shape index (κ3) is 2.33. The van der Waals surface area contributed by atoms with Crippen LogP contribution in [0.4, 0.5) is 5.69 Å². The molecule has 1 aromatic heterocycles. The predicted molar refractivity (Wildman–Crippen MR) is 80.5 cm³/mol. The van der Waals surface area contributed by atoms with Gasteiger partial charge in [0.1, 0.15) is 5.02 Å². The van der Waals surface area contributed by atoms with E-state index in [2.05, 4.69) is 15.3 Å². The van der Waals surface area contributed by atoms with Crippen LogP contribution in [0.3, 0.4) is 0 Å². The van der Waals surface area contributed by atoms with Crippen LogP contribution in [-0.2, 0) is 0 Å². The van der Waals surface area contributed by atoms with Crippen LogP contribution in [0.2, 0.25) is 5.02 Å². The fraction of sp³-hybridized carbons (Fsp3) is 0.714. The molecule has 2 unspecified atom stereocenters. The van der Waals surface area contributed by atoms with Crippen LogP contribution in [0, 0.1) is 0 Å². The van der Waals surface area contributed by atoms with Crippen LogP contribution >= 0.6 is 11.6 Å². The standard InChI is InChI=1S/C14H21ClN4O/c1-9(2)19-14(20)13(15)11(8-16-19)17-10-5-7-18-6-3-4-12(10)18/h8-10,12,17H,3-7H2,1-2H3. The number of hydrogen-bond donors (Lipinski definition) is 1. The maximum atomic E-state index is 12.2. The molecule has 2 aliphatic heterocycles. The SMILES string of the molecule is CC(C)n1ncc(NC2CCN3CCCC23)c(Cl)c1=O. The van der Waals surface area contributed by atoms with E-state index in [9.17, 15) is 4.79 Å². The van der Waals surface area contributed by atoms with Crippen LogP contribution in [0.1, 0.15) is 39.2 Å². The Hall–Kier alpha value is -1.07. The summed E-state index contributed by atoms with van der Waals surface area (Å²) in [6, 6.07) is 0.982. The highest BCUT2D eigenvalue weighted by molar-refractivity contribution is 6.32. The van der Waals surface area contributed by atoms with Crippen molar-refractivity contribution in [1.82, 2.24) is 14.7 Å². The highest BCUT2D eigenvalue weighted by Gasteiger charge is 2.37. The molecule has 2 saturated heterocycles. The topological polar surface area (TPSA) is 50.2 Å². The molecular formula is C14H21ClN4O. The fourth-order valence-electron chi connectivity index (χ4n) is 3.36. The van der Waals surface area contributed by atoms with Crippen molar-refractivity contribution in [2.45, 2.75) is 51.2 Å². The van der Waals surface area contributed by atoms with E-state index in [4.69, 9.17) is 11.6 Å². The van der Waals surface area contributed by atoms with E-state index in [0.717, 1.165) is 13.0 Å². The number of nitrogens with zero attached hydrogens (tertiary/aromatic N) is 3. The first-order valence-electron chi connectivity index (χ1n) is 7.36. The Morgan fingerprint density at radius 1 is 1.40 bits per heavy atom. The Labute approximate surface area is 123 Å². The molecule has 6 heteroatoms. The van der Waals surface area contributed by atoms with Gasteiger partial charge >= 0.3 is 0 Å². The Kier molecular flexibility index (Phi) is 3.73. The van der Waals surface area contributed by atoms with Gasteiger partial charge in [0.2, 0.25) is 0 Å². The Morgan fingerprint density at radius 2 is 2.20 bits per heavy atom. The average molecular weight is 297 g/mol. The lowest BCUT2D eigenvalue weighted by Crippen LogP contribution is -2.35. The van der Waals surface area contributed by atoms with Gasteiger partial charge < -0.3 is 5.32 Å². The number of halogens is 1. The number of fused-ring (bicyclic) bond motifs is 1. The molecule has 0 spiro atoms. The van der Waals surface area contributed by atoms with Crippen molar-refractivity contribution in [2.75, 3.05) is 18.4 Å². The second kappa shape index (κ2) is 5.37. The van der Waals surface area contributed by atoms with Gasteiger partial charge in [-0.05, 0) is 39.7 Å². The molecular weight excluding hydrogens is 276 g/mol. The van der Waals surface area contributed by atoms with Crippen molar-refractivity contribution in [2.24, 2.45) is 0 Å². The molecule has 5 nitrogen and oxygen atoms in total. The quantitative estimate of drug-likeness (QED) is 0.928. The summed E-state index contributed by atoms with van der Waals surface area (Å²) in [5.74, 6) is 0. The largest absolute Gasteiger partial charge is 0.378 e. The predicted octanol–water partition coefficient (Wildman–Crippen LogP) is 2.13. The summed E-state index contributed by atoms with van der Waals surface area (Å²) < 4.78 is 1.42. The maximum Gasteiger partial charge on any atom is 0.287 e. The van der Waals surface area contributed by atoms with Gasteiger partial charge in [0.25, 0.3) is 5.56 Å². The zero-order chi connectivity index (χ0) is 14.3. The summed E-state index contributed by atoms with van der Waals surface area (Å²) in [7, 11) is 0. The van der Waals surface area contributed by atoms with Gasteiger partial charge in [-0.25, -0.2) is 4.68 Å². The smallest absolute Gasteiger partial charge is 0.287 e. The molecule has 0 bridgehead atoms. The lowest BCUT2D eigenvalue weighted by Gasteiger charge is -2.22. The van der Waals surface area contributed by atoms with Crippen LogP contribution in [0.25, 0.3) is 0 Å². The summed E-state index contributed by atoms with van der Waals surface area (Å²) in [5, 5.41) is 7.90. The van der Waals surface area contributed by atoms with Gasteiger partial charge in [0.15, 0.2) is 0 Å². The monoisotopic (exact) mass is 296 g/mol. The van der Waals surface area contributed by atoms with Gasteiger partial charge in [-0.3, -0.25) is 9.69 Å². The van der Waals surface area contributed by atoms with Gasteiger partial charge in [-0.1, -0.05) is 11.6 Å². The summed E-state index contributed by atoms with van der Waals surface area (Å²) in [6.07, 6.45) is 5.28. The highest BCUT2D eigenvalue weighted by atomic mass is 35.5. The van der Waals surface area contributed by atoms with Crippen LogP contribution in [0.15, 0.2) is 11.0 Å². The zero-order valence-corrected chi connectivity index (χ0v) is 12.7. The Balaban J connectivity index is 1.81. The first-order chi connectivity index (χ1) is 9.58. The Bertz CT molecular complexity index is 557. The van der Waals surface area contributed by atoms with Crippen molar-refractivity contribution in [1.29, 1.82) is 0 Å². The third-order valence-corrected chi connectivity index (χ3v) is 4.74. The highest BCUT2D eigenvalue weighted by Crippen LogP contribution is 2.31. The first-order valence-corrected chi connectivity index (χ1v) is 7.73. The molecule has 110 valence electrons. The van der Waals surface area contributed by atoms with E-state index in [1.165, 1.54) is 24.1 Å². The second-order valence-corrected chi connectivity index (χ2v) is 6.38. The van der Waals surface area contributed by atoms with Gasteiger partial charge in [0, 0.05) is 18.6 Å². The molecule has 3 heterocycles. The molecule has 0 saturated carbocycles. The van der Waals surface area contributed by atoms with Crippen LogP contribution < -0.4 is 10.9 Å². The lowest BCUT2D eigenvalue weighted by atomic mass is 10.1. The molecule has 0 aromatic carbocycles. The number of rotatable bonds is 3. The number of aromatic nitrogens is 2. The molecule has 2 atom stereocenters. The average Bonchev–Trinajstić information content (AvgIpc) is 2.99. The summed E-state index contributed by atoms with van der Waals surface area (Å²) in [6.45, 7) is 6.18. The fourth-order valence-corrected chi connectivity index (χ4v) is 3.55. The van der Waals surface area contributed by atoms with E-state index in [1.807, 2.05) is 13.8 Å². The molecule has 1 aromatic rings. The summed E-state index contributed by atoms with van der Waals surface area (Å²) in [5.41, 5.74) is 0.459. The summed E-state index contributed by atoms with van der Waals surface area (Å²) in [4.78, 5) is 14.7. The molecule has 0 radical (unpaired) electrons. The van der Waals surface area contributed by atoms with Gasteiger partial charge in [0.05, 0.1) is 17.9 Å². The lowest BCUT2D eigenvalue weighted by molar-refractivity contribution is 0.318. The van der Waals surface area contributed by atoms with Crippen molar-refractivity contribution < 1.29 is 0 Å². The van der Waals surface area contributed by atoms with E-state index in [0.29, 0.717) is 17.8 Å². The number of nitrogens with one attached hydrogen (secondary N) is 1. The molecule has 1 N–H and O–H groups in total. The number of hydrogen-bond acceptors (Lipinski definition) is 4. The second-order valence-electron chi connectivity index (χ2n) is 6.00. The van der Waals surface area contributed by atoms with Crippen LogP contribution in [0.5, 0.6) is 0 Å². The van der Waals surface area contributed by atoms with Crippen molar-refractivity contribution in [3.05, 3.63) is 21.6 Å². The Morgan fingerprint density at radius 3 is 2.95 bits per heavy atom. The van der Waals surface area contributed by atoms with E-state index in [1.54, 1.807) is 6.20 Å². The summed E-state index contributed by atoms with van der Waals surface area (Å²) >= 11 is 6.21. The van der Waals surface area contributed by atoms with Gasteiger partial charge in [-0.2, -0.15) is 5.10 Å². The minimum atomic E-state index is -0.215. The van der Waals surface area contributed by atoms with E-state index in [-0.39, 0.29) is 16.6 Å². The van der Waals surface area contributed by atoms with Gasteiger partial charge in [-0.15, -0.1) is 0 Å².